The van der Waals surface area contributed by atoms with Gasteiger partial charge in [0.15, 0.2) is 5.82 Å². The topological polar surface area (TPSA) is 38.0 Å². The average molecular weight is 160 g/mol. The van der Waals surface area contributed by atoms with Crippen molar-refractivity contribution in [1.82, 2.24) is 9.71 Å². The highest BCUT2D eigenvalue weighted by Crippen LogP contribution is 2.14. The molecule has 2 aromatic rings. The SMILES string of the molecule is On1ccnc1-c1ccccc1. The van der Waals surface area contributed by atoms with Crippen molar-refractivity contribution in [2.45, 2.75) is 0 Å². The minimum Gasteiger partial charge on any atom is -0.427 e. The molecular formula is C9H8N2O. The maximum Gasteiger partial charge on any atom is 0.175 e. The highest BCUT2D eigenvalue weighted by atomic mass is 16.5. The largest absolute Gasteiger partial charge is 0.427 e. The van der Waals surface area contributed by atoms with Crippen LogP contribution in [0, 0.1) is 0 Å². The molecule has 0 unspecified atom stereocenters. The van der Waals surface area contributed by atoms with Crippen molar-refractivity contribution in [3.8, 4) is 11.4 Å². The second-order valence-corrected chi connectivity index (χ2v) is 2.46. The number of nitrogens with zero attached hydrogens (tertiary/aromatic N) is 2. The molecule has 1 aromatic carbocycles. The van der Waals surface area contributed by atoms with Crippen LogP contribution < -0.4 is 0 Å². The van der Waals surface area contributed by atoms with E-state index < -0.39 is 0 Å². The molecule has 1 N–H and O–H groups in total. The first kappa shape index (κ1) is 6.91. The lowest BCUT2D eigenvalue weighted by molar-refractivity contribution is 0.191. The molecule has 0 fully saturated rings. The van der Waals surface area contributed by atoms with Gasteiger partial charge >= 0.3 is 0 Å². The molecule has 0 saturated heterocycles. The summed E-state index contributed by atoms with van der Waals surface area (Å²) in [5.74, 6) is 0.565. The summed E-state index contributed by atoms with van der Waals surface area (Å²) in [6.45, 7) is 0. The Balaban J connectivity index is 2.51. The predicted octanol–water partition coefficient (Wildman–Crippen LogP) is 1.79. The summed E-state index contributed by atoms with van der Waals surface area (Å²) in [6, 6.07) is 9.53. The molecule has 1 heterocycles. The van der Waals surface area contributed by atoms with E-state index in [1.165, 1.54) is 6.20 Å². The number of aromatic nitrogens is 2. The highest BCUT2D eigenvalue weighted by molar-refractivity contribution is 5.54. The second-order valence-electron chi connectivity index (χ2n) is 2.46. The minimum atomic E-state index is 0.565. The zero-order chi connectivity index (χ0) is 8.39. The molecule has 0 aliphatic carbocycles. The van der Waals surface area contributed by atoms with Gasteiger partial charge in [-0.3, -0.25) is 0 Å². The van der Waals surface area contributed by atoms with Crippen LogP contribution in [0.15, 0.2) is 42.7 Å². The molecule has 0 aliphatic heterocycles. The third-order valence-electron chi connectivity index (χ3n) is 1.65. The van der Waals surface area contributed by atoms with Gasteiger partial charge < -0.3 is 5.21 Å². The van der Waals surface area contributed by atoms with Crippen molar-refractivity contribution < 1.29 is 5.21 Å². The molecule has 0 aliphatic rings. The predicted molar refractivity (Wildman–Crippen MR) is 44.8 cm³/mol. The minimum absolute atomic E-state index is 0.565. The van der Waals surface area contributed by atoms with E-state index in [2.05, 4.69) is 4.98 Å². The molecule has 60 valence electrons. The Hall–Kier alpha value is -1.77. The Kier molecular flexibility index (Phi) is 1.55. The Morgan fingerprint density at radius 2 is 1.92 bits per heavy atom. The number of rotatable bonds is 1. The molecule has 0 saturated carbocycles. The molecule has 3 nitrogen and oxygen atoms in total. The normalized spacial score (nSPS) is 10.0. The third kappa shape index (κ3) is 1.05. The van der Waals surface area contributed by atoms with Crippen molar-refractivity contribution in [2.75, 3.05) is 0 Å². The fourth-order valence-electron chi connectivity index (χ4n) is 1.09. The summed E-state index contributed by atoms with van der Waals surface area (Å²) in [5, 5.41) is 9.26. The standard InChI is InChI=1S/C9H8N2O/c12-11-7-6-10-9(11)8-4-2-1-3-5-8/h1-7,12H. The molecule has 1 aromatic heterocycles. The monoisotopic (exact) mass is 160 g/mol. The van der Waals surface area contributed by atoms with E-state index in [9.17, 15) is 5.21 Å². The van der Waals surface area contributed by atoms with Crippen molar-refractivity contribution in [3.63, 3.8) is 0 Å². The average Bonchev–Trinajstić information content (AvgIpc) is 2.53. The summed E-state index contributed by atoms with van der Waals surface area (Å²) in [7, 11) is 0. The van der Waals surface area contributed by atoms with Crippen LogP contribution >= 0.6 is 0 Å². The lowest BCUT2D eigenvalue weighted by Crippen LogP contribution is -1.91. The van der Waals surface area contributed by atoms with E-state index in [4.69, 9.17) is 0 Å². The molecule has 0 spiro atoms. The van der Waals surface area contributed by atoms with Gasteiger partial charge in [-0.25, -0.2) is 4.98 Å². The summed E-state index contributed by atoms with van der Waals surface area (Å²) in [5.41, 5.74) is 0.907. The van der Waals surface area contributed by atoms with Crippen LogP contribution in [-0.4, -0.2) is 14.9 Å². The van der Waals surface area contributed by atoms with Gasteiger partial charge in [0.05, 0.1) is 6.20 Å². The number of imidazole rings is 1. The van der Waals surface area contributed by atoms with Gasteiger partial charge in [-0.15, -0.1) is 0 Å². The van der Waals surface area contributed by atoms with E-state index >= 15 is 0 Å². The highest BCUT2D eigenvalue weighted by Gasteiger charge is 2.01. The van der Waals surface area contributed by atoms with Crippen LogP contribution in [0.1, 0.15) is 0 Å². The number of hydrogen-bond donors (Lipinski definition) is 1. The molecule has 2 rings (SSSR count). The van der Waals surface area contributed by atoms with E-state index in [1.54, 1.807) is 6.20 Å². The Labute approximate surface area is 69.9 Å². The third-order valence-corrected chi connectivity index (χ3v) is 1.65. The van der Waals surface area contributed by atoms with Crippen molar-refractivity contribution >= 4 is 0 Å². The maximum absolute atomic E-state index is 9.26. The summed E-state index contributed by atoms with van der Waals surface area (Å²) in [4.78, 5) is 4.00. The second kappa shape index (κ2) is 2.70. The molecular weight excluding hydrogens is 152 g/mol. The summed E-state index contributed by atoms with van der Waals surface area (Å²) < 4.78 is 1.01. The first-order valence-electron chi connectivity index (χ1n) is 3.66. The van der Waals surface area contributed by atoms with E-state index in [1.807, 2.05) is 30.3 Å². The lowest BCUT2D eigenvalue weighted by atomic mass is 10.2. The first-order chi connectivity index (χ1) is 5.88. The number of hydrogen-bond acceptors (Lipinski definition) is 2. The number of benzene rings is 1. The smallest absolute Gasteiger partial charge is 0.175 e. The molecule has 0 radical (unpaired) electrons. The van der Waals surface area contributed by atoms with Gasteiger partial charge in [0.1, 0.15) is 0 Å². The summed E-state index contributed by atoms with van der Waals surface area (Å²) in [6.07, 6.45) is 3.06. The van der Waals surface area contributed by atoms with Gasteiger partial charge in [0.2, 0.25) is 0 Å². The lowest BCUT2D eigenvalue weighted by Gasteiger charge is -1.98. The Morgan fingerprint density at radius 3 is 2.50 bits per heavy atom. The zero-order valence-electron chi connectivity index (χ0n) is 6.38. The van der Waals surface area contributed by atoms with Gasteiger partial charge in [-0.2, -0.15) is 4.73 Å². The molecule has 3 heteroatoms. The van der Waals surface area contributed by atoms with Crippen LogP contribution in [0.25, 0.3) is 11.4 Å². The van der Waals surface area contributed by atoms with Crippen molar-refractivity contribution in [2.24, 2.45) is 0 Å². The van der Waals surface area contributed by atoms with E-state index in [0.717, 1.165) is 10.3 Å². The van der Waals surface area contributed by atoms with Crippen LogP contribution in [0.3, 0.4) is 0 Å². The fraction of sp³-hybridized carbons (Fsp3) is 0. The fourth-order valence-corrected chi connectivity index (χ4v) is 1.09. The van der Waals surface area contributed by atoms with Crippen LogP contribution in [0.2, 0.25) is 0 Å². The molecule has 0 atom stereocenters. The van der Waals surface area contributed by atoms with Crippen LogP contribution in [0.4, 0.5) is 0 Å². The molecule has 12 heavy (non-hydrogen) atoms. The zero-order valence-corrected chi connectivity index (χ0v) is 6.38. The van der Waals surface area contributed by atoms with E-state index in [0.29, 0.717) is 5.82 Å². The quantitative estimate of drug-likeness (QED) is 0.646. The van der Waals surface area contributed by atoms with Crippen LogP contribution in [-0.2, 0) is 0 Å². The summed E-state index contributed by atoms with van der Waals surface area (Å²) >= 11 is 0. The maximum atomic E-state index is 9.26. The molecule has 0 amide bonds. The van der Waals surface area contributed by atoms with E-state index in [-0.39, 0.29) is 0 Å². The Bertz CT molecular complexity index is 367. The molecule has 0 bridgehead atoms. The van der Waals surface area contributed by atoms with Gasteiger partial charge in [0.25, 0.3) is 0 Å². The van der Waals surface area contributed by atoms with Crippen molar-refractivity contribution in [3.05, 3.63) is 42.7 Å². The Morgan fingerprint density at radius 1 is 1.17 bits per heavy atom. The van der Waals surface area contributed by atoms with Gasteiger partial charge in [-0.05, 0) is 0 Å². The van der Waals surface area contributed by atoms with Gasteiger partial charge in [-0.1, -0.05) is 30.3 Å². The first-order valence-corrected chi connectivity index (χ1v) is 3.66. The van der Waals surface area contributed by atoms with Crippen LogP contribution in [0.5, 0.6) is 0 Å². The van der Waals surface area contributed by atoms with Gasteiger partial charge in [0, 0.05) is 11.8 Å². The van der Waals surface area contributed by atoms with Crippen molar-refractivity contribution in [1.29, 1.82) is 0 Å².